The topological polar surface area (TPSA) is 38.7 Å². The summed E-state index contributed by atoms with van der Waals surface area (Å²) < 4.78 is 10.6. The quantitative estimate of drug-likeness (QED) is 0.837. The van der Waals surface area contributed by atoms with Crippen molar-refractivity contribution in [2.24, 2.45) is 0 Å². The minimum absolute atomic E-state index is 0.179. The average molecular weight is 215 g/mol. The SMILES string of the molecule is OCCCc1ccc(Cl)c2c1OCO2. The first-order valence-corrected chi connectivity index (χ1v) is 4.88. The molecule has 0 bridgehead atoms. The average Bonchev–Trinajstić information content (AvgIpc) is 2.66. The lowest BCUT2D eigenvalue weighted by molar-refractivity contribution is 0.173. The molecule has 0 saturated heterocycles. The van der Waals surface area contributed by atoms with E-state index in [2.05, 4.69) is 0 Å². The van der Waals surface area contributed by atoms with Gasteiger partial charge < -0.3 is 14.6 Å². The molecule has 1 aliphatic heterocycles. The molecule has 0 atom stereocenters. The monoisotopic (exact) mass is 214 g/mol. The van der Waals surface area contributed by atoms with Crippen LogP contribution >= 0.6 is 11.6 Å². The van der Waals surface area contributed by atoms with E-state index in [1.807, 2.05) is 6.07 Å². The lowest BCUT2D eigenvalue weighted by atomic mass is 10.1. The fraction of sp³-hybridized carbons (Fsp3) is 0.400. The molecule has 0 saturated carbocycles. The Hall–Kier alpha value is -0.930. The predicted molar refractivity (Wildman–Crippen MR) is 53.0 cm³/mol. The second kappa shape index (κ2) is 4.07. The van der Waals surface area contributed by atoms with Crippen LogP contribution in [0.3, 0.4) is 0 Å². The zero-order chi connectivity index (χ0) is 9.97. The van der Waals surface area contributed by atoms with E-state index >= 15 is 0 Å². The Bertz CT molecular complexity index is 338. The Morgan fingerprint density at radius 3 is 2.86 bits per heavy atom. The van der Waals surface area contributed by atoms with Crippen LogP contribution < -0.4 is 9.47 Å². The van der Waals surface area contributed by atoms with Gasteiger partial charge in [0.15, 0.2) is 11.5 Å². The highest BCUT2D eigenvalue weighted by molar-refractivity contribution is 6.32. The molecule has 1 aromatic carbocycles. The maximum absolute atomic E-state index is 8.73. The van der Waals surface area contributed by atoms with E-state index in [0.29, 0.717) is 10.8 Å². The summed E-state index contributed by atoms with van der Waals surface area (Å²) in [4.78, 5) is 0. The first-order valence-electron chi connectivity index (χ1n) is 4.51. The molecule has 0 radical (unpaired) electrons. The Balaban J connectivity index is 2.29. The number of hydrogen-bond donors (Lipinski definition) is 1. The maximum atomic E-state index is 8.73. The van der Waals surface area contributed by atoms with E-state index in [4.69, 9.17) is 26.2 Å². The molecule has 0 spiro atoms. The molecule has 0 amide bonds. The van der Waals surface area contributed by atoms with Crippen LogP contribution in [0.5, 0.6) is 11.5 Å². The maximum Gasteiger partial charge on any atom is 0.231 e. The highest BCUT2D eigenvalue weighted by Crippen LogP contribution is 2.41. The molecule has 0 fully saturated rings. The molecule has 0 unspecified atom stereocenters. The Morgan fingerprint density at radius 2 is 2.07 bits per heavy atom. The first kappa shape index (κ1) is 9.62. The van der Waals surface area contributed by atoms with E-state index in [9.17, 15) is 0 Å². The number of rotatable bonds is 3. The number of hydrogen-bond acceptors (Lipinski definition) is 3. The van der Waals surface area contributed by atoms with Gasteiger partial charge in [0.25, 0.3) is 0 Å². The van der Waals surface area contributed by atoms with E-state index in [1.54, 1.807) is 6.07 Å². The summed E-state index contributed by atoms with van der Waals surface area (Å²) >= 11 is 5.92. The summed E-state index contributed by atoms with van der Waals surface area (Å²) in [5.74, 6) is 1.35. The van der Waals surface area contributed by atoms with Gasteiger partial charge in [-0.25, -0.2) is 0 Å². The fourth-order valence-electron chi connectivity index (χ4n) is 1.49. The van der Waals surface area contributed by atoms with Crippen LogP contribution in [0, 0.1) is 0 Å². The third-order valence-corrected chi connectivity index (χ3v) is 2.45. The molecule has 1 aromatic rings. The number of fused-ring (bicyclic) bond motifs is 1. The van der Waals surface area contributed by atoms with Gasteiger partial charge >= 0.3 is 0 Å². The van der Waals surface area contributed by atoms with Gasteiger partial charge in [-0.1, -0.05) is 17.7 Å². The largest absolute Gasteiger partial charge is 0.453 e. The third-order valence-electron chi connectivity index (χ3n) is 2.16. The summed E-state index contributed by atoms with van der Waals surface area (Å²) in [5.41, 5.74) is 1.04. The Kier molecular flexibility index (Phi) is 2.79. The van der Waals surface area contributed by atoms with Gasteiger partial charge in [-0.2, -0.15) is 0 Å². The molecular weight excluding hydrogens is 204 g/mol. The second-order valence-corrected chi connectivity index (χ2v) is 3.51. The van der Waals surface area contributed by atoms with Crippen molar-refractivity contribution in [3.63, 3.8) is 0 Å². The molecule has 3 nitrogen and oxygen atoms in total. The number of halogens is 1. The van der Waals surface area contributed by atoms with Crippen LogP contribution in [0.2, 0.25) is 5.02 Å². The minimum Gasteiger partial charge on any atom is -0.453 e. The number of aryl methyl sites for hydroxylation is 1. The molecule has 1 heterocycles. The third kappa shape index (κ3) is 1.65. The number of benzene rings is 1. The standard InChI is InChI=1S/C10H11ClO3/c11-8-4-3-7(2-1-5-12)9-10(8)14-6-13-9/h3-4,12H,1-2,5-6H2. The molecule has 76 valence electrons. The van der Waals surface area contributed by atoms with Gasteiger partial charge in [-0.05, 0) is 24.5 Å². The van der Waals surface area contributed by atoms with Crippen molar-refractivity contribution in [2.75, 3.05) is 13.4 Å². The Morgan fingerprint density at radius 1 is 1.29 bits per heavy atom. The van der Waals surface area contributed by atoms with Gasteiger partial charge in [0.1, 0.15) is 0 Å². The van der Waals surface area contributed by atoms with Crippen LogP contribution in [0.4, 0.5) is 0 Å². The van der Waals surface area contributed by atoms with Gasteiger partial charge in [0, 0.05) is 6.61 Å². The van der Waals surface area contributed by atoms with Crippen molar-refractivity contribution < 1.29 is 14.6 Å². The van der Waals surface area contributed by atoms with E-state index < -0.39 is 0 Å². The summed E-state index contributed by atoms with van der Waals surface area (Å²) in [5, 5.41) is 9.31. The van der Waals surface area contributed by atoms with Crippen LogP contribution in [0.15, 0.2) is 12.1 Å². The van der Waals surface area contributed by atoms with Gasteiger partial charge in [0.05, 0.1) is 5.02 Å². The number of aliphatic hydroxyl groups is 1. The molecule has 4 heteroatoms. The molecule has 0 aliphatic carbocycles. The zero-order valence-corrected chi connectivity index (χ0v) is 8.38. The van der Waals surface area contributed by atoms with Gasteiger partial charge in [0.2, 0.25) is 6.79 Å². The number of ether oxygens (including phenoxy) is 2. The summed E-state index contributed by atoms with van der Waals surface area (Å²) in [6, 6.07) is 3.70. The van der Waals surface area contributed by atoms with Crippen molar-refractivity contribution in [1.82, 2.24) is 0 Å². The van der Waals surface area contributed by atoms with Crippen LogP contribution in [-0.2, 0) is 6.42 Å². The van der Waals surface area contributed by atoms with E-state index in [0.717, 1.165) is 24.2 Å². The molecule has 0 aromatic heterocycles. The van der Waals surface area contributed by atoms with Crippen molar-refractivity contribution in [3.05, 3.63) is 22.7 Å². The van der Waals surface area contributed by atoms with Crippen LogP contribution in [0.25, 0.3) is 0 Å². The minimum atomic E-state index is 0.179. The molecule has 1 N–H and O–H groups in total. The second-order valence-electron chi connectivity index (χ2n) is 3.10. The van der Waals surface area contributed by atoms with Gasteiger partial charge in [-0.15, -0.1) is 0 Å². The normalized spacial score (nSPS) is 13.3. The lowest BCUT2D eigenvalue weighted by Gasteiger charge is -2.05. The summed E-state index contributed by atoms with van der Waals surface area (Å²) in [7, 11) is 0. The molecular formula is C10H11ClO3. The summed E-state index contributed by atoms with van der Waals surface area (Å²) in [6.45, 7) is 0.406. The molecule has 2 rings (SSSR count). The van der Waals surface area contributed by atoms with E-state index in [-0.39, 0.29) is 13.4 Å². The first-order chi connectivity index (χ1) is 6.83. The van der Waals surface area contributed by atoms with Gasteiger partial charge in [-0.3, -0.25) is 0 Å². The molecule has 1 aliphatic rings. The lowest BCUT2D eigenvalue weighted by Crippen LogP contribution is -1.95. The van der Waals surface area contributed by atoms with Crippen molar-refractivity contribution in [3.8, 4) is 11.5 Å². The Labute approximate surface area is 87.2 Å². The molecule has 14 heavy (non-hydrogen) atoms. The van der Waals surface area contributed by atoms with Crippen molar-refractivity contribution in [2.45, 2.75) is 12.8 Å². The zero-order valence-electron chi connectivity index (χ0n) is 7.62. The number of aliphatic hydroxyl groups excluding tert-OH is 1. The predicted octanol–water partition coefficient (Wildman–Crippen LogP) is 1.99. The van der Waals surface area contributed by atoms with Crippen molar-refractivity contribution in [1.29, 1.82) is 0 Å². The van der Waals surface area contributed by atoms with Crippen LogP contribution in [-0.4, -0.2) is 18.5 Å². The van der Waals surface area contributed by atoms with Crippen LogP contribution in [0.1, 0.15) is 12.0 Å². The highest BCUT2D eigenvalue weighted by atomic mass is 35.5. The fourth-order valence-corrected chi connectivity index (χ4v) is 1.69. The summed E-state index contributed by atoms with van der Waals surface area (Å²) in [6.07, 6.45) is 1.50. The van der Waals surface area contributed by atoms with E-state index in [1.165, 1.54) is 0 Å². The smallest absolute Gasteiger partial charge is 0.231 e. The van der Waals surface area contributed by atoms with Crippen molar-refractivity contribution >= 4 is 11.6 Å². The highest BCUT2D eigenvalue weighted by Gasteiger charge is 2.20.